The van der Waals surface area contributed by atoms with E-state index in [4.69, 9.17) is 4.52 Å². The molecule has 0 bridgehead atoms. The predicted octanol–water partition coefficient (Wildman–Crippen LogP) is 2.94. The Morgan fingerprint density at radius 1 is 1.25 bits per heavy atom. The molecule has 2 N–H and O–H groups in total. The van der Waals surface area contributed by atoms with Gasteiger partial charge in [0.1, 0.15) is 11.6 Å². The highest BCUT2D eigenvalue weighted by Gasteiger charge is 2.08. The second-order valence-electron chi connectivity index (χ2n) is 6.79. The second kappa shape index (κ2) is 9.16. The van der Waals surface area contributed by atoms with Crippen LogP contribution in [-0.4, -0.2) is 32.2 Å². The van der Waals surface area contributed by atoms with E-state index in [1.165, 1.54) is 0 Å². The van der Waals surface area contributed by atoms with Gasteiger partial charge in [-0.05, 0) is 31.4 Å². The van der Waals surface area contributed by atoms with Gasteiger partial charge in [-0.25, -0.2) is 15.0 Å². The van der Waals surface area contributed by atoms with E-state index >= 15 is 0 Å². The van der Waals surface area contributed by atoms with E-state index < -0.39 is 0 Å². The number of aromatic nitrogens is 4. The van der Waals surface area contributed by atoms with Gasteiger partial charge in [0, 0.05) is 31.2 Å². The number of pyridine rings is 1. The van der Waals surface area contributed by atoms with Crippen molar-refractivity contribution in [1.82, 2.24) is 30.3 Å². The summed E-state index contributed by atoms with van der Waals surface area (Å²) in [5.74, 6) is 3.61. The zero-order valence-electron chi connectivity index (χ0n) is 16.8. The molecule has 0 saturated carbocycles. The quantitative estimate of drug-likeness (QED) is 0.483. The SMILES string of the molecule is CCNC(=NCc1ccc(-n2ccnc2C)nc1)NCc1cc(C(C)C)no1. The van der Waals surface area contributed by atoms with Crippen LogP contribution in [0.2, 0.25) is 0 Å². The molecule has 3 aromatic heterocycles. The number of hydrogen-bond donors (Lipinski definition) is 2. The summed E-state index contributed by atoms with van der Waals surface area (Å²) in [6.45, 7) is 10.00. The maximum absolute atomic E-state index is 5.36. The van der Waals surface area contributed by atoms with Gasteiger partial charge in [-0.2, -0.15) is 0 Å². The van der Waals surface area contributed by atoms with Crippen LogP contribution < -0.4 is 10.6 Å². The molecule has 3 aromatic rings. The summed E-state index contributed by atoms with van der Waals surface area (Å²) in [7, 11) is 0. The van der Waals surface area contributed by atoms with Crippen LogP contribution in [0.4, 0.5) is 0 Å². The molecule has 0 amide bonds. The van der Waals surface area contributed by atoms with Gasteiger partial charge < -0.3 is 15.2 Å². The van der Waals surface area contributed by atoms with Crippen LogP contribution in [-0.2, 0) is 13.1 Å². The summed E-state index contributed by atoms with van der Waals surface area (Å²) in [6.07, 6.45) is 5.51. The molecule has 148 valence electrons. The Balaban J connectivity index is 1.61. The minimum Gasteiger partial charge on any atom is -0.359 e. The third-order valence-electron chi connectivity index (χ3n) is 4.24. The van der Waals surface area contributed by atoms with E-state index in [-0.39, 0.29) is 0 Å². The highest BCUT2D eigenvalue weighted by molar-refractivity contribution is 5.79. The fourth-order valence-electron chi connectivity index (χ4n) is 2.64. The molecule has 0 unspecified atom stereocenters. The standard InChI is InChI=1S/C20H27N7O/c1-5-21-20(25-13-17-10-18(14(2)3)26-28-17)24-12-16-6-7-19(23-11-16)27-9-8-22-15(27)4/h6-11,14H,5,12-13H2,1-4H3,(H2,21,24,25). The molecule has 0 spiro atoms. The van der Waals surface area contributed by atoms with Crippen molar-refractivity contribution < 1.29 is 4.52 Å². The lowest BCUT2D eigenvalue weighted by atomic mass is 10.1. The summed E-state index contributed by atoms with van der Waals surface area (Å²) in [4.78, 5) is 13.4. The van der Waals surface area contributed by atoms with Crippen molar-refractivity contribution in [2.75, 3.05) is 6.54 Å². The Morgan fingerprint density at radius 2 is 2.11 bits per heavy atom. The Morgan fingerprint density at radius 3 is 2.71 bits per heavy atom. The van der Waals surface area contributed by atoms with E-state index in [0.717, 1.165) is 41.2 Å². The van der Waals surface area contributed by atoms with Gasteiger partial charge in [-0.15, -0.1) is 0 Å². The smallest absolute Gasteiger partial charge is 0.191 e. The van der Waals surface area contributed by atoms with Crippen molar-refractivity contribution in [3.05, 3.63) is 59.6 Å². The third kappa shape index (κ3) is 4.97. The van der Waals surface area contributed by atoms with Gasteiger partial charge in [0.05, 0.1) is 18.8 Å². The molecule has 3 rings (SSSR count). The number of hydrogen-bond acceptors (Lipinski definition) is 5. The maximum Gasteiger partial charge on any atom is 0.191 e. The molecule has 0 aliphatic carbocycles. The van der Waals surface area contributed by atoms with Crippen molar-refractivity contribution in [2.45, 2.75) is 46.7 Å². The molecular formula is C20H27N7O. The Labute approximate surface area is 165 Å². The fourth-order valence-corrected chi connectivity index (χ4v) is 2.64. The van der Waals surface area contributed by atoms with Crippen LogP contribution in [0.15, 0.2) is 46.3 Å². The van der Waals surface area contributed by atoms with Crippen LogP contribution in [0.1, 0.15) is 49.5 Å². The molecule has 8 heteroatoms. The molecule has 0 aliphatic rings. The van der Waals surface area contributed by atoms with Crippen molar-refractivity contribution >= 4 is 5.96 Å². The van der Waals surface area contributed by atoms with Gasteiger partial charge in [0.25, 0.3) is 0 Å². The number of nitrogens with one attached hydrogen (secondary N) is 2. The average molecular weight is 381 g/mol. The fraction of sp³-hybridized carbons (Fsp3) is 0.400. The average Bonchev–Trinajstić information content (AvgIpc) is 3.33. The topological polar surface area (TPSA) is 93.2 Å². The van der Waals surface area contributed by atoms with Crippen molar-refractivity contribution in [1.29, 1.82) is 0 Å². The zero-order valence-corrected chi connectivity index (χ0v) is 16.8. The molecule has 0 radical (unpaired) electrons. The van der Waals surface area contributed by atoms with Crippen molar-refractivity contribution in [3.8, 4) is 5.82 Å². The van der Waals surface area contributed by atoms with E-state index in [0.29, 0.717) is 19.0 Å². The van der Waals surface area contributed by atoms with Gasteiger partial charge in [0.15, 0.2) is 11.7 Å². The molecule has 28 heavy (non-hydrogen) atoms. The largest absolute Gasteiger partial charge is 0.359 e. The Bertz CT molecular complexity index is 909. The number of rotatable bonds is 7. The summed E-state index contributed by atoms with van der Waals surface area (Å²) in [5.41, 5.74) is 1.98. The number of aliphatic imine (C=N–C) groups is 1. The summed E-state index contributed by atoms with van der Waals surface area (Å²) in [6, 6.07) is 5.98. The summed E-state index contributed by atoms with van der Waals surface area (Å²) < 4.78 is 7.31. The Kier molecular flexibility index (Phi) is 6.41. The lowest BCUT2D eigenvalue weighted by Gasteiger charge is -2.10. The first-order valence-electron chi connectivity index (χ1n) is 9.49. The maximum atomic E-state index is 5.36. The summed E-state index contributed by atoms with van der Waals surface area (Å²) >= 11 is 0. The van der Waals surface area contributed by atoms with E-state index in [1.54, 1.807) is 6.20 Å². The van der Waals surface area contributed by atoms with Gasteiger partial charge in [-0.1, -0.05) is 25.1 Å². The number of nitrogens with zero attached hydrogens (tertiary/aromatic N) is 5. The summed E-state index contributed by atoms with van der Waals surface area (Å²) in [5, 5.41) is 10.6. The minimum absolute atomic E-state index is 0.348. The number of guanidine groups is 1. The first-order chi connectivity index (χ1) is 13.6. The van der Waals surface area contributed by atoms with Gasteiger partial charge >= 0.3 is 0 Å². The second-order valence-corrected chi connectivity index (χ2v) is 6.79. The minimum atomic E-state index is 0.348. The normalized spacial score (nSPS) is 11.8. The van der Waals surface area contributed by atoms with Gasteiger partial charge in [-0.3, -0.25) is 4.57 Å². The van der Waals surface area contributed by atoms with Crippen LogP contribution in [0.5, 0.6) is 0 Å². The third-order valence-corrected chi connectivity index (χ3v) is 4.24. The van der Waals surface area contributed by atoms with Crippen molar-refractivity contribution in [3.63, 3.8) is 0 Å². The van der Waals surface area contributed by atoms with E-state index in [1.807, 2.05) is 49.0 Å². The highest BCUT2D eigenvalue weighted by atomic mass is 16.5. The first-order valence-corrected chi connectivity index (χ1v) is 9.49. The molecular weight excluding hydrogens is 354 g/mol. The van der Waals surface area contributed by atoms with Gasteiger partial charge in [0.2, 0.25) is 0 Å². The highest BCUT2D eigenvalue weighted by Crippen LogP contribution is 2.13. The number of imidazole rings is 1. The van der Waals surface area contributed by atoms with Crippen LogP contribution in [0.3, 0.4) is 0 Å². The van der Waals surface area contributed by atoms with Crippen molar-refractivity contribution in [2.24, 2.45) is 4.99 Å². The lowest BCUT2D eigenvalue weighted by Crippen LogP contribution is -2.36. The molecule has 0 aliphatic heterocycles. The Hall–Kier alpha value is -3.16. The molecule has 0 saturated heterocycles. The van der Waals surface area contributed by atoms with Crippen LogP contribution in [0, 0.1) is 6.92 Å². The molecule has 0 fully saturated rings. The van der Waals surface area contributed by atoms with Crippen LogP contribution >= 0.6 is 0 Å². The molecule has 3 heterocycles. The lowest BCUT2D eigenvalue weighted by molar-refractivity contribution is 0.372. The first kappa shape index (κ1) is 19.6. The zero-order chi connectivity index (χ0) is 19.9. The number of aryl methyl sites for hydroxylation is 1. The molecule has 0 aromatic carbocycles. The molecule has 0 atom stereocenters. The molecule has 8 nitrogen and oxygen atoms in total. The van der Waals surface area contributed by atoms with E-state index in [2.05, 4.69) is 44.6 Å². The predicted molar refractivity (Wildman–Crippen MR) is 108 cm³/mol. The van der Waals surface area contributed by atoms with Crippen LogP contribution in [0.25, 0.3) is 5.82 Å². The van der Waals surface area contributed by atoms with E-state index in [9.17, 15) is 0 Å². The monoisotopic (exact) mass is 381 g/mol.